The highest BCUT2D eigenvalue weighted by atomic mass is 32.2. The number of carboxylic acids is 2. The third-order valence-corrected chi connectivity index (χ3v) is 6.22. The smallest absolute Gasteiger partial charge is 0.326 e. The number of phenols is 1. The zero-order valence-corrected chi connectivity index (χ0v) is 21.9. The van der Waals surface area contributed by atoms with Crippen molar-refractivity contribution in [2.24, 2.45) is 5.73 Å². The predicted octanol–water partition coefficient (Wildman–Crippen LogP) is -1.01. The number of amides is 3. The van der Waals surface area contributed by atoms with Gasteiger partial charge in [-0.25, -0.2) is 9.78 Å². The van der Waals surface area contributed by atoms with Crippen molar-refractivity contribution in [2.75, 3.05) is 12.0 Å². The lowest BCUT2D eigenvalue weighted by molar-refractivity contribution is -0.143. The number of hydrogen-bond acceptors (Lipinski definition) is 9. The van der Waals surface area contributed by atoms with E-state index in [0.29, 0.717) is 17.0 Å². The van der Waals surface area contributed by atoms with E-state index in [1.807, 2.05) is 0 Å². The van der Waals surface area contributed by atoms with Crippen LogP contribution >= 0.6 is 11.8 Å². The van der Waals surface area contributed by atoms with Crippen molar-refractivity contribution >= 4 is 41.4 Å². The van der Waals surface area contributed by atoms with Crippen LogP contribution in [0, 0.1) is 0 Å². The maximum Gasteiger partial charge on any atom is 0.326 e. The van der Waals surface area contributed by atoms with Crippen LogP contribution in [0.1, 0.15) is 24.1 Å². The van der Waals surface area contributed by atoms with E-state index in [-0.39, 0.29) is 25.0 Å². The van der Waals surface area contributed by atoms with Crippen molar-refractivity contribution in [2.45, 2.75) is 49.9 Å². The van der Waals surface area contributed by atoms with Gasteiger partial charge in [-0.05, 0) is 42.5 Å². The lowest BCUT2D eigenvalue weighted by atomic mass is 10.0. The molecule has 0 spiro atoms. The number of aromatic amines is 1. The maximum atomic E-state index is 13.2. The van der Waals surface area contributed by atoms with Crippen molar-refractivity contribution in [3.8, 4) is 5.75 Å². The number of carbonyl (C=O) groups excluding carboxylic acids is 3. The van der Waals surface area contributed by atoms with Crippen LogP contribution in [0.15, 0.2) is 36.8 Å². The first kappa shape index (κ1) is 31.1. The van der Waals surface area contributed by atoms with Crippen molar-refractivity contribution in [1.29, 1.82) is 0 Å². The van der Waals surface area contributed by atoms with E-state index in [1.165, 1.54) is 36.4 Å². The molecule has 2 rings (SSSR count). The predicted molar refractivity (Wildman–Crippen MR) is 141 cm³/mol. The Labute approximate surface area is 228 Å². The van der Waals surface area contributed by atoms with Crippen LogP contribution in [-0.2, 0) is 36.8 Å². The number of thioether (sulfide) groups is 1. The highest BCUT2D eigenvalue weighted by molar-refractivity contribution is 7.98. The molecule has 1 aromatic heterocycles. The molecule has 2 aromatic rings. The van der Waals surface area contributed by atoms with E-state index in [9.17, 15) is 39.3 Å². The molecule has 0 aliphatic heterocycles. The Bertz CT molecular complexity index is 1130. The summed E-state index contributed by atoms with van der Waals surface area (Å²) >= 11 is 1.37. The van der Waals surface area contributed by atoms with Gasteiger partial charge in [0.05, 0.1) is 18.8 Å². The lowest BCUT2D eigenvalue weighted by Crippen LogP contribution is -2.58. The van der Waals surface area contributed by atoms with Crippen LogP contribution < -0.4 is 21.7 Å². The molecule has 0 fully saturated rings. The van der Waals surface area contributed by atoms with Crippen molar-refractivity contribution in [1.82, 2.24) is 25.9 Å². The molecule has 9 N–H and O–H groups in total. The van der Waals surface area contributed by atoms with Gasteiger partial charge in [-0.1, -0.05) is 12.1 Å². The van der Waals surface area contributed by atoms with Gasteiger partial charge in [-0.3, -0.25) is 19.2 Å². The first-order chi connectivity index (χ1) is 18.5. The third kappa shape index (κ3) is 10.6. The number of carboxylic acid groups (broad SMARTS) is 2. The molecule has 3 amide bonds. The Morgan fingerprint density at radius 3 is 2.13 bits per heavy atom. The Morgan fingerprint density at radius 2 is 1.56 bits per heavy atom. The number of phenolic OH excluding ortho intramolecular Hbond substituents is 1. The second kappa shape index (κ2) is 15.3. The third-order valence-electron chi connectivity index (χ3n) is 5.58. The number of nitrogens with zero attached hydrogens (tertiary/aromatic N) is 1. The first-order valence-corrected chi connectivity index (χ1v) is 13.2. The molecule has 212 valence electrons. The van der Waals surface area contributed by atoms with Gasteiger partial charge >= 0.3 is 11.9 Å². The molecular weight excluding hydrogens is 532 g/mol. The van der Waals surface area contributed by atoms with Gasteiger partial charge in [0.2, 0.25) is 17.7 Å². The molecule has 0 radical (unpaired) electrons. The summed E-state index contributed by atoms with van der Waals surface area (Å²) in [6, 6.07) is 0.828. The minimum atomic E-state index is -1.61. The first-order valence-electron chi connectivity index (χ1n) is 11.9. The lowest BCUT2D eigenvalue weighted by Gasteiger charge is -2.24. The molecule has 1 aromatic carbocycles. The molecule has 39 heavy (non-hydrogen) atoms. The Balaban J connectivity index is 2.17. The molecule has 0 aliphatic carbocycles. The van der Waals surface area contributed by atoms with E-state index in [2.05, 4.69) is 25.9 Å². The number of nitrogens with one attached hydrogen (secondary N) is 4. The Morgan fingerprint density at radius 1 is 0.949 bits per heavy atom. The number of aliphatic carboxylic acids is 2. The van der Waals surface area contributed by atoms with E-state index in [1.54, 1.807) is 18.4 Å². The number of imidazole rings is 1. The molecule has 15 heteroatoms. The molecule has 0 saturated heterocycles. The van der Waals surface area contributed by atoms with Gasteiger partial charge in [-0.15, -0.1) is 0 Å². The summed E-state index contributed by atoms with van der Waals surface area (Å²) in [6.07, 6.45) is 3.83. The molecule has 14 nitrogen and oxygen atoms in total. The summed E-state index contributed by atoms with van der Waals surface area (Å²) in [7, 11) is 0. The number of carbonyl (C=O) groups is 5. The van der Waals surface area contributed by atoms with Crippen LogP contribution in [0.4, 0.5) is 0 Å². The monoisotopic (exact) mass is 564 g/mol. The minimum Gasteiger partial charge on any atom is -0.508 e. The minimum absolute atomic E-state index is 0.0481. The highest BCUT2D eigenvalue weighted by Gasteiger charge is 2.32. The number of nitrogens with two attached hydrogens (primary N) is 1. The zero-order chi connectivity index (χ0) is 28.9. The van der Waals surface area contributed by atoms with Gasteiger partial charge in [-0.2, -0.15) is 11.8 Å². The average Bonchev–Trinajstić information content (AvgIpc) is 3.39. The summed E-state index contributed by atoms with van der Waals surface area (Å²) < 4.78 is 0. The molecule has 0 bridgehead atoms. The van der Waals surface area contributed by atoms with E-state index in [0.717, 1.165) is 0 Å². The van der Waals surface area contributed by atoms with Gasteiger partial charge < -0.3 is 42.0 Å². The van der Waals surface area contributed by atoms with Crippen LogP contribution in [0.25, 0.3) is 0 Å². The number of aromatic hydroxyl groups is 1. The van der Waals surface area contributed by atoms with Gasteiger partial charge in [0, 0.05) is 18.3 Å². The van der Waals surface area contributed by atoms with E-state index in [4.69, 9.17) is 5.73 Å². The fraction of sp³-hybridized carbons (Fsp3) is 0.417. The standard InChI is InChI=1S/C24H32N6O8S/c1-39-7-6-17(24(37)38)28-23(36)19(10-20(32)33)30-22(35)18(9-14-11-26-12-27-14)29-21(34)16(25)8-13-2-4-15(31)5-3-13/h2-5,11-12,16-19,31H,6-10,25H2,1H3,(H,26,27)(H,28,36)(H,29,34)(H,30,35)(H,32,33)(H,37,38). The number of aromatic nitrogens is 2. The fourth-order valence-corrected chi connectivity index (χ4v) is 3.98. The summed E-state index contributed by atoms with van der Waals surface area (Å²) in [4.78, 5) is 68.4. The molecule has 4 atom stereocenters. The molecule has 4 unspecified atom stereocenters. The van der Waals surface area contributed by atoms with Gasteiger partial charge in [0.15, 0.2) is 0 Å². The van der Waals surface area contributed by atoms with Crippen molar-refractivity contribution < 1.29 is 39.3 Å². The van der Waals surface area contributed by atoms with E-state index < -0.39 is 60.2 Å². The average molecular weight is 565 g/mol. The van der Waals surface area contributed by atoms with Crippen LogP contribution in [0.2, 0.25) is 0 Å². The summed E-state index contributed by atoms with van der Waals surface area (Å²) in [5.74, 6) is -4.80. The number of rotatable bonds is 16. The number of H-pyrrole nitrogens is 1. The van der Waals surface area contributed by atoms with Crippen molar-refractivity contribution in [3.63, 3.8) is 0 Å². The summed E-state index contributed by atoms with van der Waals surface area (Å²) in [5.41, 5.74) is 7.15. The Hall–Kier alpha value is -4.11. The normalized spacial score (nSPS) is 13.9. The SMILES string of the molecule is CSCCC(NC(=O)C(CC(=O)O)NC(=O)C(Cc1cnc[nH]1)NC(=O)C(N)Cc1ccc(O)cc1)C(=O)O. The molecule has 0 aliphatic rings. The quantitative estimate of drug-likeness (QED) is 0.123. The van der Waals surface area contributed by atoms with E-state index >= 15 is 0 Å². The van der Waals surface area contributed by atoms with Crippen LogP contribution in [0.3, 0.4) is 0 Å². The summed E-state index contributed by atoms with van der Waals surface area (Å²) in [6.45, 7) is 0. The second-order valence-electron chi connectivity index (χ2n) is 8.66. The number of benzene rings is 1. The topological polar surface area (TPSA) is 237 Å². The van der Waals surface area contributed by atoms with Gasteiger partial charge in [0.25, 0.3) is 0 Å². The second-order valence-corrected chi connectivity index (χ2v) is 9.64. The van der Waals surface area contributed by atoms with Crippen molar-refractivity contribution in [3.05, 3.63) is 48.0 Å². The largest absolute Gasteiger partial charge is 0.508 e. The fourth-order valence-electron chi connectivity index (χ4n) is 3.50. The highest BCUT2D eigenvalue weighted by Crippen LogP contribution is 2.11. The van der Waals surface area contributed by atoms with Crippen LogP contribution in [-0.4, -0.2) is 91.1 Å². The van der Waals surface area contributed by atoms with Gasteiger partial charge in [0.1, 0.15) is 23.9 Å². The maximum absolute atomic E-state index is 13.2. The van der Waals surface area contributed by atoms with Crippen LogP contribution in [0.5, 0.6) is 5.75 Å². The molecule has 1 heterocycles. The summed E-state index contributed by atoms with van der Waals surface area (Å²) in [5, 5.41) is 35.2. The molecular formula is C24H32N6O8S. The molecule has 0 saturated carbocycles. The number of hydrogen-bond donors (Lipinski definition) is 8. The Kier molecular flexibility index (Phi) is 12.2. The zero-order valence-electron chi connectivity index (χ0n) is 21.1.